The minimum absolute atomic E-state index is 0.323. The van der Waals surface area contributed by atoms with Crippen molar-refractivity contribution in [1.82, 2.24) is 14.7 Å². The second-order valence-electron chi connectivity index (χ2n) is 9.34. The number of fused-ring (bicyclic) bond motifs is 3. The fourth-order valence-electron chi connectivity index (χ4n) is 4.61. The van der Waals surface area contributed by atoms with Crippen LogP contribution >= 0.6 is 0 Å². The molecule has 2 saturated heterocycles. The van der Waals surface area contributed by atoms with Crippen molar-refractivity contribution < 1.29 is 4.39 Å². The zero-order valence-corrected chi connectivity index (χ0v) is 22.2. The van der Waals surface area contributed by atoms with Crippen LogP contribution in [0.15, 0.2) is 52.5 Å². The monoisotopic (exact) mass is 467 g/mol. The van der Waals surface area contributed by atoms with Gasteiger partial charge >= 0.3 is 0 Å². The maximum atomic E-state index is 14.2. The molecule has 2 aromatic heterocycles. The number of aromatic nitrogens is 2. The molecule has 0 saturated carbocycles. The fraction of sp³-hybridized carbons (Fsp3) is 0.536. The van der Waals surface area contributed by atoms with Crippen LogP contribution in [0.4, 0.5) is 4.39 Å². The molecule has 2 fully saturated rings. The normalized spacial score (nSPS) is 22.1. The molecule has 1 N–H and O–H groups in total. The van der Waals surface area contributed by atoms with Gasteiger partial charge in [0.15, 0.2) is 11.5 Å². The van der Waals surface area contributed by atoms with Gasteiger partial charge in [0, 0.05) is 41.5 Å². The van der Waals surface area contributed by atoms with Crippen molar-refractivity contribution in [1.29, 1.82) is 0 Å². The van der Waals surface area contributed by atoms with Crippen LogP contribution in [0.1, 0.15) is 85.4 Å². The second kappa shape index (κ2) is 12.7. The maximum absolute atomic E-state index is 14.2. The van der Waals surface area contributed by atoms with Gasteiger partial charge < -0.3 is 9.72 Å². The largest absolute Gasteiger partial charge is 0.311 e. The highest BCUT2D eigenvalue weighted by Gasteiger charge is 2.30. The van der Waals surface area contributed by atoms with Gasteiger partial charge in [-0.3, -0.25) is 9.98 Å². The van der Waals surface area contributed by atoms with Gasteiger partial charge in [0.1, 0.15) is 0 Å². The Morgan fingerprint density at radius 2 is 1.74 bits per heavy atom. The van der Waals surface area contributed by atoms with Crippen molar-refractivity contribution in [3.05, 3.63) is 59.6 Å². The molecular weight excluding hydrogens is 425 g/mol. The van der Waals surface area contributed by atoms with E-state index in [1.54, 1.807) is 16.7 Å². The van der Waals surface area contributed by atoms with Gasteiger partial charge in [0.25, 0.3) is 0 Å². The van der Waals surface area contributed by atoms with Gasteiger partial charge in [-0.15, -0.1) is 0 Å². The topological polar surface area (TPSA) is 54.0 Å². The van der Waals surface area contributed by atoms with Crippen LogP contribution < -0.4 is 5.32 Å². The first-order valence-electron chi connectivity index (χ1n) is 12.5. The van der Waals surface area contributed by atoms with Crippen molar-refractivity contribution in [3.8, 4) is 0 Å². The number of rotatable bonds is 4. The second-order valence-corrected chi connectivity index (χ2v) is 9.34. The summed E-state index contributed by atoms with van der Waals surface area (Å²) in [6.45, 7) is 19.5. The smallest absolute Gasteiger partial charge is 0.173 e. The van der Waals surface area contributed by atoms with E-state index in [0.717, 1.165) is 35.1 Å². The molecule has 4 rings (SSSR count). The number of nitrogens with zero attached hydrogens (tertiary/aromatic N) is 4. The summed E-state index contributed by atoms with van der Waals surface area (Å²) < 4.78 is 15.8. The summed E-state index contributed by atoms with van der Waals surface area (Å²) in [4.78, 5) is 13.1. The van der Waals surface area contributed by atoms with Crippen LogP contribution in [-0.2, 0) is 0 Å². The van der Waals surface area contributed by atoms with Crippen molar-refractivity contribution in [2.24, 2.45) is 15.9 Å². The zero-order valence-electron chi connectivity index (χ0n) is 22.2. The van der Waals surface area contributed by atoms with E-state index in [9.17, 15) is 4.39 Å². The SMILES string of the molecule is C=C/C(N=C(C)C)=C(/C)N=C(C)c1cc(F)c2nc(C)cn2c1.CC.CC1CC2CCC(C1)N2. The molecule has 5 nitrogen and oxygen atoms in total. The summed E-state index contributed by atoms with van der Waals surface area (Å²) in [5, 5.41) is 3.62. The Labute approximate surface area is 205 Å². The molecule has 34 heavy (non-hydrogen) atoms. The quantitative estimate of drug-likeness (QED) is 0.387. The lowest BCUT2D eigenvalue weighted by atomic mass is 9.95. The zero-order chi connectivity index (χ0) is 25.4. The van der Waals surface area contributed by atoms with Gasteiger partial charge in [-0.2, -0.15) is 0 Å². The molecule has 2 aliphatic heterocycles. The van der Waals surface area contributed by atoms with E-state index in [4.69, 9.17) is 0 Å². The highest BCUT2D eigenvalue weighted by Crippen LogP contribution is 2.30. The molecule has 2 aliphatic rings. The number of imidazole rings is 1. The predicted octanol–water partition coefficient (Wildman–Crippen LogP) is 7.05. The minimum Gasteiger partial charge on any atom is -0.311 e. The van der Waals surface area contributed by atoms with E-state index in [0.29, 0.717) is 22.6 Å². The number of allylic oxidation sites excluding steroid dienone is 2. The molecule has 2 atom stereocenters. The maximum Gasteiger partial charge on any atom is 0.173 e. The molecule has 186 valence electrons. The lowest BCUT2D eigenvalue weighted by molar-refractivity contribution is 0.319. The Kier molecular flexibility index (Phi) is 10.4. The van der Waals surface area contributed by atoms with Crippen LogP contribution in [0.5, 0.6) is 0 Å². The minimum atomic E-state index is -0.363. The van der Waals surface area contributed by atoms with E-state index in [-0.39, 0.29) is 5.82 Å². The number of aryl methyl sites for hydroxylation is 1. The van der Waals surface area contributed by atoms with E-state index >= 15 is 0 Å². The van der Waals surface area contributed by atoms with Crippen molar-refractivity contribution in [2.75, 3.05) is 0 Å². The first-order chi connectivity index (χ1) is 16.2. The Hall–Kier alpha value is -2.60. The molecule has 6 heteroatoms. The molecule has 0 amide bonds. The van der Waals surface area contributed by atoms with Gasteiger partial charge in [0.2, 0.25) is 0 Å². The number of halogens is 1. The number of hydrogen-bond donors (Lipinski definition) is 1. The van der Waals surface area contributed by atoms with Crippen LogP contribution in [-0.4, -0.2) is 32.9 Å². The van der Waals surface area contributed by atoms with Crippen molar-refractivity contribution in [2.45, 2.75) is 93.2 Å². The molecule has 0 spiro atoms. The Bertz CT molecular complexity index is 1060. The predicted molar refractivity (Wildman–Crippen MR) is 143 cm³/mol. The third-order valence-corrected chi connectivity index (χ3v) is 6.00. The molecule has 0 radical (unpaired) electrons. The third-order valence-electron chi connectivity index (χ3n) is 6.00. The van der Waals surface area contributed by atoms with Crippen LogP contribution in [0.25, 0.3) is 5.65 Å². The summed E-state index contributed by atoms with van der Waals surface area (Å²) in [6.07, 6.45) is 11.0. The van der Waals surface area contributed by atoms with Gasteiger partial charge in [0.05, 0.1) is 17.1 Å². The lowest BCUT2D eigenvalue weighted by Gasteiger charge is -2.25. The average Bonchev–Trinajstić information content (AvgIpc) is 3.34. The van der Waals surface area contributed by atoms with Gasteiger partial charge in [-0.25, -0.2) is 9.37 Å². The van der Waals surface area contributed by atoms with E-state index < -0.39 is 0 Å². The van der Waals surface area contributed by atoms with Gasteiger partial charge in [-0.1, -0.05) is 27.4 Å². The molecule has 2 unspecified atom stereocenters. The third kappa shape index (κ3) is 7.45. The number of aliphatic imine (C=N–C) groups is 2. The van der Waals surface area contributed by atoms with Crippen molar-refractivity contribution >= 4 is 17.1 Å². The standard InChI is InChI=1S/C18H21FN4.C8H15N.C2H6/c1-7-17(20-11(2)3)14(6)22-13(5)15-8-16(19)18-21-12(4)9-23(18)10-15;1-6-4-7-2-3-8(5-6)9-7;1-2/h7-10H,1H2,2-6H3;6-9H,2-5H2,1H3;1-2H3/b17-14+,22-13?;;. The number of nitrogens with one attached hydrogen (secondary N) is 1. The first-order valence-corrected chi connectivity index (χ1v) is 12.5. The summed E-state index contributed by atoms with van der Waals surface area (Å²) >= 11 is 0. The van der Waals surface area contributed by atoms with Gasteiger partial charge in [-0.05, 0) is 78.4 Å². The van der Waals surface area contributed by atoms with E-state index in [1.165, 1.54) is 31.7 Å². The van der Waals surface area contributed by atoms with E-state index in [2.05, 4.69) is 33.8 Å². The Balaban J connectivity index is 0.000000305. The van der Waals surface area contributed by atoms with E-state index in [1.807, 2.05) is 54.7 Å². The molecule has 2 aromatic rings. The molecule has 0 aromatic carbocycles. The molecule has 4 heterocycles. The summed E-state index contributed by atoms with van der Waals surface area (Å²) in [5.74, 6) is 0.627. The number of hydrogen-bond acceptors (Lipinski definition) is 4. The lowest BCUT2D eigenvalue weighted by Crippen LogP contribution is -2.37. The Morgan fingerprint density at radius 3 is 2.29 bits per heavy atom. The summed E-state index contributed by atoms with van der Waals surface area (Å²) in [5.41, 5.74) is 4.88. The number of pyridine rings is 1. The van der Waals surface area contributed by atoms with Crippen LogP contribution in [0.2, 0.25) is 0 Å². The first kappa shape index (κ1) is 27.6. The highest BCUT2D eigenvalue weighted by atomic mass is 19.1. The molecule has 2 bridgehead atoms. The summed E-state index contributed by atoms with van der Waals surface area (Å²) in [7, 11) is 0. The highest BCUT2D eigenvalue weighted by molar-refractivity contribution is 5.99. The Morgan fingerprint density at radius 1 is 1.12 bits per heavy atom. The molecular formula is C28H42FN5. The fourth-order valence-corrected chi connectivity index (χ4v) is 4.61. The van der Waals surface area contributed by atoms with Crippen LogP contribution in [0, 0.1) is 18.7 Å². The summed E-state index contributed by atoms with van der Waals surface area (Å²) in [6, 6.07) is 3.23. The van der Waals surface area contributed by atoms with Crippen molar-refractivity contribution in [3.63, 3.8) is 0 Å². The molecule has 0 aliphatic carbocycles. The average molecular weight is 468 g/mol. The number of piperidine rings is 1. The van der Waals surface area contributed by atoms with Crippen LogP contribution in [0.3, 0.4) is 0 Å².